The Morgan fingerprint density at radius 1 is 1.22 bits per heavy atom. The normalized spacial score (nSPS) is 14.1. The van der Waals surface area contributed by atoms with Gasteiger partial charge in [-0.3, -0.25) is 0 Å². The molecule has 0 aliphatic rings. The molecule has 18 heavy (non-hydrogen) atoms. The van der Waals surface area contributed by atoms with Gasteiger partial charge in [0.1, 0.15) is 5.75 Å². The van der Waals surface area contributed by atoms with E-state index >= 15 is 0 Å². The van der Waals surface area contributed by atoms with E-state index in [-0.39, 0.29) is 5.54 Å². The van der Waals surface area contributed by atoms with E-state index in [9.17, 15) is 0 Å². The van der Waals surface area contributed by atoms with Crippen molar-refractivity contribution in [2.24, 2.45) is 5.73 Å². The van der Waals surface area contributed by atoms with Gasteiger partial charge < -0.3 is 15.4 Å². The van der Waals surface area contributed by atoms with Crippen molar-refractivity contribution in [2.75, 3.05) is 25.6 Å². The topological polar surface area (TPSA) is 38.5 Å². The molecule has 1 unspecified atom stereocenters. The van der Waals surface area contributed by atoms with Crippen molar-refractivity contribution in [1.29, 1.82) is 0 Å². The molecule has 1 atom stereocenters. The van der Waals surface area contributed by atoms with Crippen LogP contribution >= 0.6 is 0 Å². The predicted molar refractivity (Wildman–Crippen MR) is 78.4 cm³/mol. The van der Waals surface area contributed by atoms with Gasteiger partial charge in [-0.2, -0.15) is 0 Å². The number of rotatable bonds is 7. The first-order valence-corrected chi connectivity index (χ1v) is 6.71. The third-order valence-corrected chi connectivity index (χ3v) is 3.92. The second-order valence-corrected chi connectivity index (χ2v) is 4.79. The Hall–Kier alpha value is -1.22. The number of anilines is 1. The molecule has 0 heterocycles. The summed E-state index contributed by atoms with van der Waals surface area (Å²) in [6.07, 6.45) is 3.31. The molecule has 3 heteroatoms. The van der Waals surface area contributed by atoms with Crippen molar-refractivity contribution in [1.82, 2.24) is 0 Å². The smallest absolute Gasteiger partial charge is 0.119 e. The van der Waals surface area contributed by atoms with Crippen molar-refractivity contribution in [2.45, 2.75) is 38.6 Å². The zero-order chi connectivity index (χ0) is 13.6. The average molecular weight is 250 g/mol. The summed E-state index contributed by atoms with van der Waals surface area (Å²) < 4.78 is 5.19. The van der Waals surface area contributed by atoms with E-state index in [2.05, 4.69) is 37.9 Å². The van der Waals surface area contributed by atoms with Gasteiger partial charge in [0, 0.05) is 19.3 Å². The number of likely N-dealkylation sites (N-methyl/N-ethyl adjacent to an activating group) is 1. The Morgan fingerprint density at radius 3 is 2.22 bits per heavy atom. The Labute approximate surface area is 111 Å². The summed E-state index contributed by atoms with van der Waals surface area (Å²) in [5.74, 6) is 0.887. The molecule has 0 aromatic heterocycles. The largest absolute Gasteiger partial charge is 0.497 e. The summed E-state index contributed by atoms with van der Waals surface area (Å²) in [4.78, 5) is 2.32. The van der Waals surface area contributed by atoms with Gasteiger partial charge in [-0.1, -0.05) is 20.3 Å². The van der Waals surface area contributed by atoms with Crippen LogP contribution in [0.5, 0.6) is 5.75 Å². The van der Waals surface area contributed by atoms with E-state index in [1.165, 1.54) is 5.69 Å². The number of hydrogen-bond acceptors (Lipinski definition) is 3. The molecule has 0 bridgehead atoms. The maximum atomic E-state index is 6.03. The van der Waals surface area contributed by atoms with Crippen LogP contribution in [0.25, 0.3) is 0 Å². The number of hydrogen-bond donors (Lipinski definition) is 1. The highest BCUT2D eigenvalue weighted by molar-refractivity contribution is 5.51. The highest BCUT2D eigenvalue weighted by atomic mass is 16.5. The van der Waals surface area contributed by atoms with Crippen molar-refractivity contribution in [3.05, 3.63) is 24.3 Å². The van der Waals surface area contributed by atoms with Crippen LogP contribution in [0.1, 0.15) is 33.1 Å². The Morgan fingerprint density at radius 2 is 1.83 bits per heavy atom. The van der Waals surface area contributed by atoms with Crippen LogP contribution in [0, 0.1) is 0 Å². The molecule has 1 aromatic carbocycles. The van der Waals surface area contributed by atoms with Crippen molar-refractivity contribution in [3.8, 4) is 5.75 Å². The molecule has 2 N–H and O–H groups in total. The van der Waals surface area contributed by atoms with Crippen LogP contribution in [0.4, 0.5) is 5.69 Å². The van der Waals surface area contributed by atoms with Gasteiger partial charge in [-0.15, -0.1) is 0 Å². The van der Waals surface area contributed by atoms with Crippen LogP contribution in [0.3, 0.4) is 0 Å². The molecule has 0 saturated carbocycles. The van der Waals surface area contributed by atoms with Crippen LogP contribution in [-0.4, -0.2) is 26.2 Å². The first-order valence-electron chi connectivity index (χ1n) is 6.71. The average Bonchev–Trinajstić information content (AvgIpc) is 2.44. The lowest BCUT2D eigenvalue weighted by Crippen LogP contribution is -2.52. The van der Waals surface area contributed by atoms with Gasteiger partial charge in [0.25, 0.3) is 0 Å². The van der Waals surface area contributed by atoms with Crippen molar-refractivity contribution < 1.29 is 4.74 Å². The molecule has 0 fully saturated rings. The SMILES string of the molecule is CCCC(CC)(CN)N(C)c1ccc(OC)cc1. The molecule has 0 saturated heterocycles. The Bertz CT molecular complexity index is 344. The fourth-order valence-electron chi connectivity index (χ4n) is 2.51. The van der Waals surface area contributed by atoms with E-state index in [0.717, 1.165) is 25.0 Å². The second kappa shape index (κ2) is 6.64. The van der Waals surface area contributed by atoms with Gasteiger partial charge in [-0.25, -0.2) is 0 Å². The second-order valence-electron chi connectivity index (χ2n) is 4.79. The Balaban J connectivity index is 2.97. The number of ether oxygens (including phenoxy) is 1. The van der Waals surface area contributed by atoms with Gasteiger partial charge >= 0.3 is 0 Å². The standard InChI is InChI=1S/C15H26N2O/c1-5-11-15(6-2,12-16)17(3)13-7-9-14(18-4)10-8-13/h7-10H,5-6,11-12,16H2,1-4H3. The van der Waals surface area contributed by atoms with Crippen LogP contribution in [0.2, 0.25) is 0 Å². The molecule has 0 radical (unpaired) electrons. The lowest BCUT2D eigenvalue weighted by atomic mass is 9.88. The fraction of sp³-hybridized carbons (Fsp3) is 0.600. The van der Waals surface area contributed by atoms with Crippen molar-refractivity contribution in [3.63, 3.8) is 0 Å². The first kappa shape index (κ1) is 14.8. The summed E-state index contributed by atoms with van der Waals surface area (Å²) in [5.41, 5.74) is 7.28. The zero-order valence-electron chi connectivity index (χ0n) is 12.1. The molecular weight excluding hydrogens is 224 g/mol. The molecule has 0 amide bonds. The highest BCUT2D eigenvalue weighted by Gasteiger charge is 2.30. The molecule has 1 aromatic rings. The van der Waals surface area contributed by atoms with Crippen molar-refractivity contribution >= 4 is 5.69 Å². The number of nitrogens with two attached hydrogens (primary N) is 1. The highest BCUT2D eigenvalue weighted by Crippen LogP contribution is 2.29. The summed E-state index contributed by atoms with van der Waals surface area (Å²) >= 11 is 0. The third-order valence-electron chi connectivity index (χ3n) is 3.92. The van der Waals surface area contributed by atoms with E-state index in [1.54, 1.807) is 7.11 Å². The molecular formula is C15H26N2O. The minimum atomic E-state index is 0.0589. The van der Waals surface area contributed by atoms with Gasteiger partial charge in [0.15, 0.2) is 0 Å². The van der Waals surface area contributed by atoms with E-state index < -0.39 is 0 Å². The molecule has 0 spiro atoms. The summed E-state index contributed by atoms with van der Waals surface area (Å²) in [6, 6.07) is 8.17. The molecule has 1 rings (SSSR count). The lowest BCUT2D eigenvalue weighted by Gasteiger charge is -2.42. The fourth-order valence-corrected chi connectivity index (χ4v) is 2.51. The van der Waals surface area contributed by atoms with Gasteiger partial charge in [0.2, 0.25) is 0 Å². The number of benzene rings is 1. The van der Waals surface area contributed by atoms with Crippen LogP contribution < -0.4 is 15.4 Å². The summed E-state index contributed by atoms with van der Waals surface area (Å²) in [6.45, 7) is 5.10. The van der Waals surface area contributed by atoms with Crippen LogP contribution in [0.15, 0.2) is 24.3 Å². The van der Waals surface area contributed by atoms with Gasteiger partial charge in [-0.05, 0) is 37.1 Å². The monoisotopic (exact) mass is 250 g/mol. The van der Waals surface area contributed by atoms with E-state index in [4.69, 9.17) is 10.5 Å². The lowest BCUT2D eigenvalue weighted by molar-refractivity contribution is 0.366. The quantitative estimate of drug-likeness (QED) is 0.808. The molecule has 3 nitrogen and oxygen atoms in total. The molecule has 102 valence electrons. The molecule has 0 aliphatic carbocycles. The minimum Gasteiger partial charge on any atom is -0.497 e. The number of nitrogens with zero attached hydrogens (tertiary/aromatic N) is 1. The minimum absolute atomic E-state index is 0.0589. The predicted octanol–water partition coefficient (Wildman–Crippen LogP) is 3.04. The first-order chi connectivity index (χ1) is 8.63. The van der Waals surface area contributed by atoms with E-state index in [1.807, 2.05) is 12.1 Å². The van der Waals surface area contributed by atoms with Gasteiger partial charge in [0.05, 0.1) is 12.6 Å². The Kier molecular flexibility index (Phi) is 5.48. The maximum Gasteiger partial charge on any atom is 0.119 e. The van der Waals surface area contributed by atoms with Crippen LogP contribution in [-0.2, 0) is 0 Å². The van der Waals surface area contributed by atoms with E-state index in [0.29, 0.717) is 6.54 Å². The summed E-state index contributed by atoms with van der Waals surface area (Å²) in [7, 11) is 3.82. The number of methoxy groups -OCH3 is 1. The summed E-state index contributed by atoms with van der Waals surface area (Å²) in [5, 5.41) is 0. The molecule has 0 aliphatic heterocycles. The zero-order valence-corrected chi connectivity index (χ0v) is 12.1. The maximum absolute atomic E-state index is 6.03. The third kappa shape index (κ3) is 2.96.